The topological polar surface area (TPSA) is 68.5 Å². The Hall–Kier alpha value is -3.35. The van der Waals surface area contributed by atoms with Crippen LogP contribution in [0.15, 0.2) is 54.6 Å². The number of nitrogens with one attached hydrogen (secondary N) is 1. The predicted octanol–water partition coefficient (Wildman–Crippen LogP) is 3.76. The lowest BCUT2D eigenvalue weighted by atomic mass is 10.1. The van der Waals surface area contributed by atoms with Crippen molar-refractivity contribution in [3.63, 3.8) is 0 Å². The molecular formula is C21H21FN6. The number of benzene rings is 2. The van der Waals surface area contributed by atoms with Crippen molar-refractivity contribution in [1.29, 1.82) is 0 Å². The van der Waals surface area contributed by atoms with Crippen molar-refractivity contribution in [2.75, 3.05) is 11.9 Å². The molecule has 6 nitrogen and oxygen atoms in total. The van der Waals surface area contributed by atoms with Gasteiger partial charge in [0.25, 0.3) is 0 Å². The molecule has 28 heavy (non-hydrogen) atoms. The fourth-order valence-corrected chi connectivity index (χ4v) is 3.15. The van der Waals surface area contributed by atoms with Crippen molar-refractivity contribution < 1.29 is 4.39 Å². The summed E-state index contributed by atoms with van der Waals surface area (Å²) in [6.45, 7) is 3.19. The number of aryl methyl sites for hydroxylation is 2. The highest BCUT2D eigenvalue weighted by Gasteiger charge is 2.07. The number of para-hydroxylation sites is 1. The molecule has 2 heterocycles. The highest BCUT2D eigenvalue weighted by atomic mass is 19.1. The fourth-order valence-electron chi connectivity index (χ4n) is 3.15. The van der Waals surface area contributed by atoms with Crippen LogP contribution in [0.25, 0.3) is 11.0 Å². The summed E-state index contributed by atoms with van der Waals surface area (Å²) in [5.74, 6) is 1.31. The van der Waals surface area contributed by atoms with Gasteiger partial charge in [-0.05, 0) is 49.6 Å². The summed E-state index contributed by atoms with van der Waals surface area (Å²) in [5, 5.41) is 11.8. The number of fused-ring (bicyclic) bond motifs is 1. The number of anilines is 1. The van der Waals surface area contributed by atoms with Crippen LogP contribution in [0, 0.1) is 12.7 Å². The minimum atomic E-state index is -0.203. The Morgan fingerprint density at radius 3 is 2.71 bits per heavy atom. The fraction of sp³-hybridized carbons (Fsp3) is 0.238. The summed E-state index contributed by atoms with van der Waals surface area (Å²) in [5.41, 5.74) is 3.85. The van der Waals surface area contributed by atoms with Gasteiger partial charge in [-0.1, -0.05) is 29.5 Å². The minimum Gasteiger partial charge on any atom is -0.370 e. The Morgan fingerprint density at radius 2 is 1.86 bits per heavy atom. The molecule has 0 aliphatic rings. The zero-order valence-electron chi connectivity index (χ0n) is 15.6. The number of aromatic nitrogens is 5. The monoisotopic (exact) mass is 376 g/mol. The van der Waals surface area contributed by atoms with Gasteiger partial charge in [0.15, 0.2) is 0 Å². The third-order valence-corrected chi connectivity index (χ3v) is 4.48. The lowest BCUT2D eigenvalue weighted by Crippen LogP contribution is -2.10. The van der Waals surface area contributed by atoms with Crippen LogP contribution in [-0.2, 0) is 13.0 Å². The third-order valence-electron chi connectivity index (χ3n) is 4.48. The van der Waals surface area contributed by atoms with Crippen LogP contribution in [0.3, 0.4) is 0 Å². The SMILES string of the molecule is Cc1nc(Cn2nnc3ccccc32)cc(NCCCc2ccc(F)cc2)n1. The number of hydrogen-bond acceptors (Lipinski definition) is 5. The normalized spacial score (nSPS) is 11.1. The molecule has 1 N–H and O–H groups in total. The van der Waals surface area contributed by atoms with Crippen molar-refractivity contribution in [3.05, 3.63) is 77.5 Å². The maximum Gasteiger partial charge on any atom is 0.129 e. The van der Waals surface area contributed by atoms with Gasteiger partial charge in [0.05, 0.1) is 17.8 Å². The first-order chi connectivity index (χ1) is 13.7. The number of rotatable bonds is 7. The number of nitrogens with zero attached hydrogens (tertiary/aromatic N) is 5. The van der Waals surface area contributed by atoms with Crippen molar-refractivity contribution >= 4 is 16.9 Å². The molecule has 0 aliphatic carbocycles. The Kier molecular flexibility index (Phi) is 5.23. The van der Waals surface area contributed by atoms with Crippen LogP contribution in [0.4, 0.5) is 10.2 Å². The van der Waals surface area contributed by atoms with E-state index in [-0.39, 0.29) is 5.82 Å². The summed E-state index contributed by atoms with van der Waals surface area (Å²) in [6.07, 6.45) is 1.81. The number of hydrogen-bond donors (Lipinski definition) is 1. The lowest BCUT2D eigenvalue weighted by Gasteiger charge is -2.09. The van der Waals surface area contributed by atoms with E-state index in [0.717, 1.165) is 47.5 Å². The Labute approximate surface area is 162 Å². The molecule has 7 heteroatoms. The van der Waals surface area contributed by atoms with Crippen LogP contribution in [0.1, 0.15) is 23.5 Å². The second-order valence-corrected chi connectivity index (χ2v) is 6.68. The zero-order valence-corrected chi connectivity index (χ0v) is 15.6. The molecule has 0 fully saturated rings. The van der Waals surface area contributed by atoms with Gasteiger partial charge in [0.1, 0.15) is 23.0 Å². The molecular weight excluding hydrogens is 355 g/mol. The maximum absolute atomic E-state index is 13.0. The van der Waals surface area contributed by atoms with E-state index in [1.807, 2.05) is 54.1 Å². The molecule has 4 rings (SSSR count). The molecule has 2 aromatic carbocycles. The van der Waals surface area contributed by atoms with Crippen LogP contribution < -0.4 is 5.32 Å². The molecule has 0 radical (unpaired) electrons. The van der Waals surface area contributed by atoms with E-state index in [2.05, 4.69) is 25.6 Å². The molecule has 0 bridgehead atoms. The molecule has 0 unspecified atom stereocenters. The highest BCUT2D eigenvalue weighted by molar-refractivity contribution is 5.73. The first-order valence-electron chi connectivity index (χ1n) is 9.28. The van der Waals surface area contributed by atoms with Gasteiger partial charge in [-0.2, -0.15) is 0 Å². The summed E-state index contributed by atoms with van der Waals surface area (Å²) in [6, 6.07) is 16.5. The van der Waals surface area contributed by atoms with Crippen LogP contribution >= 0.6 is 0 Å². The largest absolute Gasteiger partial charge is 0.370 e. The molecule has 2 aromatic heterocycles. The summed E-state index contributed by atoms with van der Waals surface area (Å²) in [4.78, 5) is 8.99. The zero-order chi connectivity index (χ0) is 19.3. The van der Waals surface area contributed by atoms with E-state index in [0.29, 0.717) is 12.4 Å². The summed E-state index contributed by atoms with van der Waals surface area (Å²) >= 11 is 0. The summed E-state index contributed by atoms with van der Waals surface area (Å²) < 4.78 is 14.8. The van der Waals surface area contributed by atoms with Gasteiger partial charge in [-0.25, -0.2) is 19.0 Å². The second kappa shape index (κ2) is 8.12. The van der Waals surface area contributed by atoms with Gasteiger partial charge < -0.3 is 5.32 Å². The smallest absolute Gasteiger partial charge is 0.129 e. The molecule has 0 atom stereocenters. The first-order valence-corrected chi connectivity index (χ1v) is 9.28. The van der Waals surface area contributed by atoms with Gasteiger partial charge in [0, 0.05) is 12.6 Å². The van der Waals surface area contributed by atoms with Gasteiger partial charge in [-0.15, -0.1) is 5.10 Å². The van der Waals surface area contributed by atoms with Crippen molar-refractivity contribution in [1.82, 2.24) is 25.0 Å². The van der Waals surface area contributed by atoms with Crippen molar-refractivity contribution in [3.8, 4) is 0 Å². The lowest BCUT2D eigenvalue weighted by molar-refractivity contribution is 0.626. The highest BCUT2D eigenvalue weighted by Crippen LogP contribution is 2.14. The average Bonchev–Trinajstić information content (AvgIpc) is 3.09. The van der Waals surface area contributed by atoms with E-state index in [1.165, 1.54) is 12.1 Å². The first kappa shape index (κ1) is 18.0. The quantitative estimate of drug-likeness (QED) is 0.498. The Bertz CT molecular complexity index is 1070. The molecule has 0 aliphatic heterocycles. The molecule has 142 valence electrons. The van der Waals surface area contributed by atoms with E-state index < -0.39 is 0 Å². The maximum atomic E-state index is 13.0. The van der Waals surface area contributed by atoms with E-state index in [9.17, 15) is 4.39 Å². The molecule has 4 aromatic rings. The van der Waals surface area contributed by atoms with Crippen LogP contribution in [0.5, 0.6) is 0 Å². The van der Waals surface area contributed by atoms with Gasteiger partial charge in [0.2, 0.25) is 0 Å². The Morgan fingerprint density at radius 1 is 1.04 bits per heavy atom. The van der Waals surface area contributed by atoms with Crippen LogP contribution in [-0.4, -0.2) is 31.5 Å². The summed E-state index contributed by atoms with van der Waals surface area (Å²) in [7, 11) is 0. The molecule has 0 amide bonds. The third kappa shape index (κ3) is 4.31. The van der Waals surface area contributed by atoms with E-state index in [1.54, 1.807) is 0 Å². The number of halogens is 1. The standard InChI is InChI=1S/C21H21FN6/c1-15-24-18(14-28-20-7-3-2-6-19(20)26-27-28)13-21(25-15)23-12-4-5-16-8-10-17(22)11-9-16/h2-3,6-11,13H,4-5,12,14H2,1H3,(H,23,24,25). The van der Waals surface area contributed by atoms with E-state index >= 15 is 0 Å². The molecule has 0 saturated carbocycles. The van der Waals surface area contributed by atoms with Crippen LogP contribution in [0.2, 0.25) is 0 Å². The molecule has 0 saturated heterocycles. The van der Waals surface area contributed by atoms with Crippen molar-refractivity contribution in [2.45, 2.75) is 26.3 Å². The van der Waals surface area contributed by atoms with Gasteiger partial charge in [-0.3, -0.25) is 0 Å². The second-order valence-electron chi connectivity index (χ2n) is 6.68. The average molecular weight is 376 g/mol. The van der Waals surface area contributed by atoms with Crippen molar-refractivity contribution in [2.24, 2.45) is 0 Å². The van der Waals surface area contributed by atoms with E-state index in [4.69, 9.17) is 0 Å². The predicted molar refractivity (Wildman–Crippen MR) is 107 cm³/mol. The molecule has 0 spiro atoms. The van der Waals surface area contributed by atoms with Gasteiger partial charge >= 0.3 is 0 Å². The minimum absolute atomic E-state index is 0.203. The Balaban J connectivity index is 1.38.